The van der Waals surface area contributed by atoms with E-state index >= 15 is 0 Å². The molecule has 2 heteroatoms. The summed E-state index contributed by atoms with van der Waals surface area (Å²) < 4.78 is 0. The van der Waals surface area contributed by atoms with Crippen molar-refractivity contribution in [1.82, 2.24) is 0 Å². The lowest BCUT2D eigenvalue weighted by atomic mass is 9.63. The number of aliphatic hydroxyl groups excluding tert-OH is 2. The predicted molar refractivity (Wildman–Crippen MR) is 95.0 cm³/mol. The lowest BCUT2D eigenvalue weighted by Crippen LogP contribution is -2.33. The van der Waals surface area contributed by atoms with Gasteiger partial charge in [0.1, 0.15) is 0 Å². The molecule has 3 rings (SSSR count). The molecule has 2 N–H and O–H groups in total. The first kappa shape index (κ1) is 17.0. The molecule has 128 valence electrons. The highest BCUT2D eigenvalue weighted by atomic mass is 16.3. The van der Waals surface area contributed by atoms with Gasteiger partial charge in [0.05, 0.1) is 12.2 Å². The Morgan fingerprint density at radius 2 is 2.04 bits per heavy atom. The quantitative estimate of drug-likeness (QED) is 0.785. The molecule has 3 aliphatic rings. The second-order valence-corrected chi connectivity index (χ2v) is 8.16. The lowest BCUT2D eigenvalue weighted by molar-refractivity contribution is 0.0862. The van der Waals surface area contributed by atoms with E-state index in [-0.39, 0.29) is 0 Å². The number of aliphatic hydroxyl groups is 2. The fourth-order valence-electron chi connectivity index (χ4n) is 5.48. The molecule has 0 heterocycles. The molecule has 0 saturated heterocycles. The summed E-state index contributed by atoms with van der Waals surface area (Å²) in [6.07, 6.45) is 12.3. The van der Waals surface area contributed by atoms with Gasteiger partial charge in [-0.15, -0.1) is 0 Å². The van der Waals surface area contributed by atoms with Crippen molar-refractivity contribution >= 4 is 0 Å². The first-order chi connectivity index (χ1) is 11.0. The predicted octanol–water partition coefficient (Wildman–Crippen LogP) is 4.54. The van der Waals surface area contributed by atoms with E-state index < -0.39 is 12.2 Å². The highest BCUT2D eigenvalue weighted by Crippen LogP contribution is 2.58. The van der Waals surface area contributed by atoms with Gasteiger partial charge < -0.3 is 10.2 Å². The second-order valence-electron chi connectivity index (χ2n) is 8.16. The van der Waals surface area contributed by atoms with E-state index in [1.807, 2.05) is 0 Å². The van der Waals surface area contributed by atoms with Crippen LogP contribution in [0.2, 0.25) is 0 Å². The number of rotatable bonds is 2. The molecule has 23 heavy (non-hydrogen) atoms. The van der Waals surface area contributed by atoms with E-state index in [1.165, 1.54) is 38.5 Å². The van der Waals surface area contributed by atoms with E-state index in [4.69, 9.17) is 0 Å². The van der Waals surface area contributed by atoms with Gasteiger partial charge in [-0.3, -0.25) is 0 Å². The number of allylic oxidation sites excluding steroid dienone is 3. The average molecular weight is 316 g/mol. The molecule has 0 aromatic heterocycles. The standard InChI is InChI=1S/C21H32O2/c1-4-17-9-10-19-15(6-5-11-21(17,19)3)7-8-16-12-18(22)13-20(23)14(16)2/h7-8,17-20,22-23H,2,4-6,9-13H2,1,3H3/b15-7-,16-8-/t17-,18+,19-,20-,21+/m0/s1. The van der Waals surface area contributed by atoms with Crippen LogP contribution in [0.15, 0.2) is 35.5 Å². The summed E-state index contributed by atoms with van der Waals surface area (Å²) in [5.41, 5.74) is 3.90. The third-order valence-electron chi connectivity index (χ3n) is 6.92. The highest BCUT2D eigenvalue weighted by molar-refractivity contribution is 5.38. The smallest absolute Gasteiger partial charge is 0.0811 e. The van der Waals surface area contributed by atoms with Gasteiger partial charge in [-0.2, -0.15) is 0 Å². The maximum Gasteiger partial charge on any atom is 0.0811 e. The van der Waals surface area contributed by atoms with Gasteiger partial charge in [0.25, 0.3) is 0 Å². The summed E-state index contributed by atoms with van der Waals surface area (Å²) in [5, 5.41) is 19.9. The van der Waals surface area contributed by atoms with Crippen LogP contribution >= 0.6 is 0 Å². The molecule has 3 fully saturated rings. The zero-order chi connectivity index (χ0) is 16.6. The van der Waals surface area contributed by atoms with Crippen molar-refractivity contribution in [2.24, 2.45) is 17.3 Å². The van der Waals surface area contributed by atoms with Gasteiger partial charge >= 0.3 is 0 Å². The highest BCUT2D eigenvalue weighted by Gasteiger charge is 2.48. The maximum absolute atomic E-state index is 9.99. The van der Waals surface area contributed by atoms with Gasteiger partial charge in [-0.1, -0.05) is 44.6 Å². The Hall–Kier alpha value is -0.860. The van der Waals surface area contributed by atoms with E-state index in [2.05, 4.69) is 32.6 Å². The van der Waals surface area contributed by atoms with E-state index in [0.717, 1.165) is 23.0 Å². The Morgan fingerprint density at radius 1 is 1.26 bits per heavy atom. The van der Waals surface area contributed by atoms with Crippen LogP contribution in [0.4, 0.5) is 0 Å². The van der Waals surface area contributed by atoms with Crippen LogP contribution in [0.1, 0.15) is 65.2 Å². The first-order valence-electron chi connectivity index (χ1n) is 9.40. The van der Waals surface area contributed by atoms with Crippen molar-refractivity contribution in [2.75, 3.05) is 0 Å². The number of hydrogen-bond acceptors (Lipinski definition) is 2. The molecule has 0 unspecified atom stereocenters. The van der Waals surface area contributed by atoms with Crippen LogP contribution in [-0.2, 0) is 0 Å². The summed E-state index contributed by atoms with van der Waals surface area (Å²) in [4.78, 5) is 0. The Labute approximate surface area is 141 Å². The fourth-order valence-corrected chi connectivity index (χ4v) is 5.48. The van der Waals surface area contributed by atoms with Crippen molar-refractivity contribution in [3.05, 3.63) is 35.5 Å². The molecular formula is C21H32O2. The van der Waals surface area contributed by atoms with Crippen molar-refractivity contribution < 1.29 is 10.2 Å². The lowest BCUT2D eigenvalue weighted by Gasteiger charge is -2.42. The van der Waals surface area contributed by atoms with Crippen molar-refractivity contribution in [2.45, 2.75) is 77.4 Å². The molecule has 2 nitrogen and oxygen atoms in total. The topological polar surface area (TPSA) is 40.5 Å². The molecular weight excluding hydrogens is 284 g/mol. The molecule has 3 saturated carbocycles. The fraction of sp³-hybridized carbons (Fsp3) is 0.714. The maximum atomic E-state index is 9.99. The monoisotopic (exact) mass is 316 g/mol. The molecule has 0 radical (unpaired) electrons. The SMILES string of the molecule is C=C1/C(=C\C=C2\CCC[C@]3(C)[C@@H](CC)CC[C@@H]23)C[C@@H](O)C[C@@H]1O. The van der Waals surface area contributed by atoms with Crippen molar-refractivity contribution in [1.29, 1.82) is 0 Å². The van der Waals surface area contributed by atoms with Crippen LogP contribution in [0.5, 0.6) is 0 Å². The minimum absolute atomic E-state index is 0.422. The largest absolute Gasteiger partial charge is 0.393 e. The molecule has 0 aromatic rings. The molecule has 0 aromatic carbocycles. The zero-order valence-corrected chi connectivity index (χ0v) is 14.7. The molecule has 0 aliphatic heterocycles. The summed E-state index contributed by atoms with van der Waals surface area (Å²) in [6.45, 7) is 8.87. The normalized spacial score (nSPS) is 44.8. The molecule has 0 amide bonds. The van der Waals surface area contributed by atoms with Gasteiger partial charge in [0.15, 0.2) is 0 Å². The van der Waals surface area contributed by atoms with Crippen LogP contribution in [-0.4, -0.2) is 22.4 Å². The Balaban J connectivity index is 1.82. The van der Waals surface area contributed by atoms with Crippen LogP contribution in [0.3, 0.4) is 0 Å². The molecule has 3 aliphatic carbocycles. The Kier molecular flexibility index (Phi) is 4.85. The van der Waals surface area contributed by atoms with Gasteiger partial charge in [-0.05, 0) is 66.9 Å². The zero-order valence-electron chi connectivity index (χ0n) is 14.7. The van der Waals surface area contributed by atoms with E-state index in [0.29, 0.717) is 18.3 Å². The summed E-state index contributed by atoms with van der Waals surface area (Å²) >= 11 is 0. The van der Waals surface area contributed by atoms with Crippen molar-refractivity contribution in [3.63, 3.8) is 0 Å². The molecule has 5 atom stereocenters. The Morgan fingerprint density at radius 3 is 2.78 bits per heavy atom. The first-order valence-corrected chi connectivity index (χ1v) is 9.40. The van der Waals surface area contributed by atoms with Crippen LogP contribution in [0.25, 0.3) is 0 Å². The van der Waals surface area contributed by atoms with Crippen LogP contribution < -0.4 is 0 Å². The van der Waals surface area contributed by atoms with Crippen molar-refractivity contribution in [3.8, 4) is 0 Å². The summed E-state index contributed by atoms with van der Waals surface area (Å²) in [7, 11) is 0. The third-order valence-corrected chi connectivity index (χ3v) is 6.92. The van der Waals surface area contributed by atoms with Gasteiger partial charge in [-0.25, -0.2) is 0 Å². The van der Waals surface area contributed by atoms with E-state index in [9.17, 15) is 10.2 Å². The van der Waals surface area contributed by atoms with Gasteiger partial charge in [0.2, 0.25) is 0 Å². The molecule has 0 bridgehead atoms. The summed E-state index contributed by atoms with van der Waals surface area (Å²) in [6, 6.07) is 0. The number of fused-ring (bicyclic) bond motifs is 1. The minimum Gasteiger partial charge on any atom is -0.393 e. The van der Waals surface area contributed by atoms with Gasteiger partial charge in [0, 0.05) is 6.42 Å². The minimum atomic E-state index is -0.587. The molecule has 0 spiro atoms. The third kappa shape index (κ3) is 3.08. The van der Waals surface area contributed by atoms with Crippen LogP contribution in [0, 0.1) is 17.3 Å². The Bertz CT molecular complexity index is 530. The second kappa shape index (κ2) is 6.57. The average Bonchev–Trinajstić information content (AvgIpc) is 2.86. The summed E-state index contributed by atoms with van der Waals surface area (Å²) in [5.74, 6) is 1.60. The van der Waals surface area contributed by atoms with E-state index in [1.54, 1.807) is 5.57 Å². The number of hydrogen-bond donors (Lipinski definition) is 2.